The molecule has 3 N–H and O–H groups in total. The van der Waals surface area contributed by atoms with Crippen LogP contribution in [-0.4, -0.2) is 23.8 Å². The second-order valence-corrected chi connectivity index (χ2v) is 6.40. The normalized spacial score (nSPS) is 13.2. The van der Waals surface area contributed by atoms with Crippen molar-refractivity contribution in [3.05, 3.63) is 17.0 Å². The van der Waals surface area contributed by atoms with Crippen LogP contribution in [0.25, 0.3) is 0 Å². The molecule has 0 saturated heterocycles. The largest absolute Gasteiger partial charge is 0.394 e. The molecule has 0 aliphatic carbocycles. The van der Waals surface area contributed by atoms with E-state index in [0.717, 1.165) is 9.88 Å². The van der Waals surface area contributed by atoms with Gasteiger partial charge in [0.25, 0.3) is 0 Å². The zero-order chi connectivity index (χ0) is 13.1. The number of urea groups is 1. The molecule has 0 spiro atoms. The Morgan fingerprint density at radius 3 is 2.53 bits per heavy atom. The Morgan fingerprint density at radius 1 is 1.47 bits per heavy atom. The molecule has 17 heavy (non-hydrogen) atoms. The van der Waals surface area contributed by atoms with Crippen LogP contribution in [0.2, 0.25) is 0 Å². The van der Waals surface area contributed by atoms with Gasteiger partial charge in [-0.15, -0.1) is 11.3 Å². The first kappa shape index (κ1) is 14.0. The Morgan fingerprint density at radius 2 is 2.12 bits per heavy atom. The molecule has 1 aromatic rings. The first-order chi connectivity index (χ1) is 7.82. The van der Waals surface area contributed by atoms with E-state index in [1.54, 1.807) is 0 Å². The standard InChI is InChI=1S/C12H20N2O2S/c1-8-5-6-10(17-8)14-11(16)13-9(7-15)12(2,3)4/h5-6,9,15H,7H2,1-4H3,(H2,13,14,16)/t9-/m1/s1. The van der Waals surface area contributed by atoms with Crippen molar-refractivity contribution in [2.45, 2.75) is 33.7 Å². The third kappa shape index (κ3) is 4.36. The summed E-state index contributed by atoms with van der Waals surface area (Å²) in [5.41, 5.74) is -0.169. The smallest absolute Gasteiger partial charge is 0.320 e. The van der Waals surface area contributed by atoms with Crippen molar-refractivity contribution in [1.82, 2.24) is 5.32 Å². The van der Waals surface area contributed by atoms with Crippen LogP contribution in [0.1, 0.15) is 25.6 Å². The molecule has 96 valence electrons. The van der Waals surface area contributed by atoms with Crippen molar-refractivity contribution in [3.63, 3.8) is 0 Å². The Balaban J connectivity index is 2.54. The molecular formula is C12H20N2O2S. The third-order valence-electron chi connectivity index (χ3n) is 2.51. The summed E-state index contributed by atoms with van der Waals surface area (Å²) >= 11 is 1.52. The summed E-state index contributed by atoms with van der Waals surface area (Å²) < 4.78 is 0. The maximum Gasteiger partial charge on any atom is 0.320 e. The molecule has 1 rings (SSSR count). The summed E-state index contributed by atoms with van der Waals surface area (Å²) in [6.45, 7) is 7.84. The van der Waals surface area contributed by atoms with E-state index in [9.17, 15) is 9.90 Å². The minimum atomic E-state index is -0.277. The first-order valence-electron chi connectivity index (χ1n) is 5.57. The highest BCUT2D eigenvalue weighted by Crippen LogP contribution is 2.21. The fourth-order valence-corrected chi connectivity index (χ4v) is 2.11. The number of anilines is 1. The maximum atomic E-state index is 11.7. The number of hydrogen-bond acceptors (Lipinski definition) is 3. The van der Waals surface area contributed by atoms with Gasteiger partial charge in [0.1, 0.15) is 0 Å². The van der Waals surface area contributed by atoms with E-state index in [4.69, 9.17) is 0 Å². The van der Waals surface area contributed by atoms with Gasteiger partial charge in [0.2, 0.25) is 0 Å². The SMILES string of the molecule is Cc1ccc(NC(=O)N[C@H](CO)C(C)(C)C)s1. The van der Waals surface area contributed by atoms with Gasteiger partial charge >= 0.3 is 6.03 Å². The van der Waals surface area contributed by atoms with Crippen molar-refractivity contribution < 1.29 is 9.90 Å². The second kappa shape index (κ2) is 5.51. The van der Waals surface area contributed by atoms with E-state index in [1.165, 1.54) is 11.3 Å². The van der Waals surface area contributed by atoms with E-state index in [-0.39, 0.29) is 24.1 Å². The average molecular weight is 256 g/mol. The molecule has 0 aliphatic heterocycles. The number of rotatable bonds is 3. The van der Waals surface area contributed by atoms with Crippen LogP contribution in [0.4, 0.5) is 9.80 Å². The maximum absolute atomic E-state index is 11.7. The Kier molecular flexibility index (Phi) is 4.54. The molecular weight excluding hydrogens is 236 g/mol. The summed E-state index contributed by atoms with van der Waals surface area (Å²) in [5, 5.41) is 15.6. The highest BCUT2D eigenvalue weighted by atomic mass is 32.1. The molecule has 1 heterocycles. The van der Waals surface area contributed by atoms with Crippen LogP contribution in [-0.2, 0) is 0 Å². The van der Waals surface area contributed by atoms with Gasteiger partial charge in [-0.1, -0.05) is 20.8 Å². The average Bonchev–Trinajstić information content (AvgIpc) is 2.58. The first-order valence-corrected chi connectivity index (χ1v) is 6.39. The van der Waals surface area contributed by atoms with Crippen molar-refractivity contribution in [2.75, 3.05) is 11.9 Å². The lowest BCUT2D eigenvalue weighted by Crippen LogP contribution is -2.47. The molecule has 0 unspecified atom stereocenters. The number of hydrogen-bond donors (Lipinski definition) is 3. The van der Waals surface area contributed by atoms with Crippen LogP contribution in [0.15, 0.2) is 12.1 Å². The molecule has 1 atom stereocenters. The monoisotopic (exact) mass is 256 g/mol. The summed E-state index contributed by atoms with van der Waals surface area (Å²) in [5.74, 6) is 0. The minimum Gasteiger partial charge on any atom is -0.394 e. The van der Waals surface area contributed by atoms with Gasteiger partial charge in [0.05, 0.1) is 17.6 Å². The predicted molar refractivity (Wildman–Crippen MR) is 71.5 cm³/mol. The number of carbonyl (C=O) groups excluding carboxylic acids is 1. The van der Waals surface area contributed by atoms with Gasteiger partial charge in [0.15, 0.2) is 0 Å². The Bertz CT molecular complexity index is 382. The molecule has 5 heteroatoms. The summed E-state index contributed by atoms with van der Waals surface area (Å²) in [7, 11) is 0. The van der Waals surface area contributed by atoms with E-state index >= 15 is 0 Å². The van der Waals surface area contributed by atoms with Gasteiger partial charge in [0, 0.05) is 4.88 Å². The highest BCUT2D eigenvalue weighted by Gasteiger charge is 2.25. The molecule has 0 aliphatic rings. The fraction of sp³-hybridized carbons (Fsp3) is 0.583. The van der Waals surface area contributed by atoms with Crippen molar-refractivity contribution in [1.29, 1.82) is 0 Å². The van der Waals surface area contributed by atoms with Crippen molar-refractivity contribution in [2.24, 2.45) is 5.41 Å². The predicted octanol–water partition coefficient (Wildman–Crippen LogP) is 2.59. The zero-order valence-electron chi connectivity index (χ0n) is 10.7. The lowest BCUT2D eigenvalue weighted by Gasteiger charge is -2.29. The van der Waals surface area contributed by atoms with Gasteiger partial charge in [-0.2, -0.15) is 0 Å². The zero-order valence-corrected chi connectivity index (χ0v) is 11.5. The fourth-order valence-electron chi connectivity index (χ4n) is 1.34. The van der Waals surface area contributed by atoms with Crippen LogP contribution >= 0.6 is 11.3 Å². The van der Waals surface area contributed by atoms with Crippen LogP contribution in [0, 0.1) is 12.3 Å². The number of amides is 2. The molecule has 0 aromatic carbocycles. The molecule has 2 amide bonds. The number of nitrogens with one attached hydrogen (secondary N) is 2. The van der Waals surface area contributed by atoms with E-state index in [2.05, 4.69) is 10.6 Å². The molecule has 1 aromatic heterocycles. The molecule has 0 radical (unpaired) electrons. The number of aliphatic hydroxyl groups is 1. The number of thiophene rings is 1. The van der Waals surface area contributed by atoms with Gasteiger partial charge in [-0.05, 0) is 24.5 Å². The van der Waals surface area contributed by atoms with Crippen LogP contribution in [0.3, 0.4) is 0 Å². The van der Waals surface area contributed by atoms with Crippen molar-refractivity contribution in [3.8, 4) is 0 Å². The Labute approximate surface area is 106 Å². The molecule has 0 bridgehead atoms. The number of carbonyl (C=O) groups is 1. The van der Waals surface area contributed by atoms with Crippen LogP contribution in [0.5, 0.6) is 0 Å². The molecule has 0 fully saturated rings. The third-order valence-corrected chi connectivity index (χ3v) is 3.43. The second-order valence-electron chi connectivity index (χ2n) is 5.11. The topological polar surface area (TPSA) is 61.4 Å². The quantitative estimate of drug-likeness (QED) is 0.778. The molecule has 4 nitrogen and oxygen atoms in total. The van der Waals surface area contributed by atoms with Gasteiger partial charge in [-0.3, -0.25) is 5.32 Å². The lowest BCUT2D eigenvalue weighted by molar-refractivity contribution is 0.162. The van der Waals surface area contributed by atoms with Gasteiger partial charge < -0.3 is 10.4 Å². The number of aryl methyl sites for hydroxylation is 1. The molecule has 0 saturated carbocycles. The summed E-state index contributed by atoms with van der Waals surface area (Å²) in [6.07, 6.45) is 0. The van der Waals surface area contributed by atoms with E-state index in [1.807, 2.05) is 39.8 Å². The minimum absolute atomic E-state index is 0.0691. The van der Waals surface area contributed by atoms with Gasteiger partial charge in [-0.25, -0.2) is 4.79 Å². The Hall–Kier alpha value is -1.07. The number of aliphatic hydroxyl groups excluding tert-OH is 1. The lowest BCUT2D eigenvalue weighted by atomic mass is 9.87. The van der Waals surface area contributed by atoms with E-state index < -0.39 is 0 Å². The van der Waals surface area contributed by atoms with Crippen molar-refractivity contribution >= 4 is 22.4 Å². The highest BCUT2D eigenvalue weighted by molar-refractivity contribution is 7.16. The summed E-state index contributed by atoms with van der Waals surface area (Å²) in [4.78, 5) is 12.9. The summed E-state index contributed by atoms with van der Waals surface area (Å²) in [6, 6.07) is 3.28. The van der Waals surface area contributed by atoms with E-state index in [0.29, 0.717) is 0 Å². The van der Waals surface area contributed by atoms with Crippen LogP contribution < -0.4 is 10.6 Å².